The molecule has 0 aliphatic carbocycles. The van der Waals surface area contributed by atoms with Crippen LogP contribution in [0.25, 0.3) is 0 Å². The van der Waals surface area contributed by atoms with Crippen molar-refractivity contribution in [1.82, 2.24) is 5.32 Å². The molecule has 0 heterocycles. The molecule has 0 bridgehead atoms. The Morgan fingerprint density at radius 2 is 1.69 bits per heavy atom. The van der Waals surface area contributed by atoms with Gasteiger partial charge in [-0.05, 0) is 24.6 Å². The smallest absolute Gasteiger partial charge is 0.253 e. The maximum atomic E-state index is 12.6. The molecule has 2 amide bonds. The van der Waals surface area contributed by atoms with Gasteiger partial charge in [0.1, 0.15) is 6.61 Å². The average molecular weight is 356 g/mol. The molecule has 0 saturated carbocycles. The van der Waals surface area contributed by atoms with Gasteiger partial charge < -0.3 is 20.1 Å². The van der Waals surface area contributed by atoms with E-state index >= 15 is 0 Å². The van der Waals surface area contributed by atoms with Crippen molar-refractivity contribution in [2.45, 2.75) is 13.0 Å². The molecule has 1 atom stereocenters. The number of ether oxygens (including phenoxy) is 2. The predicted molar refractivity (Wildman–Crippen MR) is 100 cm³/mol. The van der Waals surface area contributed by atoms with E-state index in [1.54, 1.807) is 31.4 Å². The minimum absolute atomic E-state index is 0.0975. The lowest BCUT2D eigenvalue weighted by atomic mass is 10.1. The summed E-state index contributed by atoms with van der Waals surface area (Å²) in [7, 11) is 1.56. The number of rotatable bonds is 9. The van der Waals surface area contributed by atoms with E-state index in [0.717, 1.165) is 5.56 Å². The van der Waals surface area contributed by atoms with Gasteiger partial charge in [0.25, 0.3) is 5.91 Å². The quantitative estimate of drug-likeness (QED) is 0.678. The minimum Gasteiger partial charge on any atom is -0.382 e. The maximum absolute atomic E-state index is 12.6. The lowest BCUT2D eigenvalue weighted by Crippen LogP contribution is -2.28. The third-order valence-electron chi connectivity index (χ3n) is 3.76. The molecule has 0 fully saturated rings. The van der Waals surface area contributed by atoms with Gasteiger partial charge in [0.05, 0.1) is 30.5 Å². The maximum Gasteiger partial charge on any atom is 0.253 e. The molecule has 2 aromatic rings. The van der Waals surface area contributed by atoms with E-state index in [4.69, 9.17) is 9.47 Å². The Labute approximate surface area is 153 Å². The molecule has 2 aromatic carbocycles. The summed E-state index contributed by atoms with van der Waals surface area (Å²) >= 11 is 0. The van der Waals surface area contributed by atoms with Crippen LogP contribution in [0.1, 0.15) is 28.9 Å². The Bertz CT molecular complexity index is 719. The molecule has 0 aliphatic rings. The normalized spacial score (nSPS) is 11.6. The van der Waals surface area contributed by atoms with E-state index in [1.165, 1.54) is 0 Å². The van der Waals surface area contributed by atoms with Gasteiger partial charge in [-0.25, -0.2) is 0 Å². The van der Waals surface area contributed by atoms with Gasteiger partial charge in [0, 0.05) is 7.11 Å². The zero-order valence-corrected chi connectivity index (χ0v) is 15.0. The number of methoxy groups -OCH3 is 1. The fourth-order valence-corrected chi connectivity index (χ4v) is 2.38. The van der Waals surface area contributed by atoms with Crippen molar-refractivity contribution < 1.29 is 19.1 Å². The molecule has 138 valence electrons. The molecule has 1 unspecified atom stereocenters. The van der Waals surface area contributed by atoms with E-state index < -0.39 is 0 Å². The van der Waals surface area contributed by atoms with Gasteiger partial charge in [-0.3, -0.25) is 9.59 Å². The molecule has 0 saturated heterocycles. The molecule has 0 spiro atoms. The summed E-state index contributed by atoms with van der Waals surface area (Å²) in [5.41, 5.74) is 1.86. The highest BCUT2D eigenvalue weighted by Gasteiger charge is 2.16. The first-order valence-corrected chi connectivity index (χ1v) is 8.43. The summed E-state index contributed by atoms with van der Waals surface area (Å²) in [4.78, 5) is 24.6. The number of benzene rings is 2. The standard InChI is InChI=1S/C20H24N2O4/c1-15(16-8-4-3-5-9-16)21-20(24)17-10-6-7-11-18(17)22-19(23)14-26-13-12-25-2/h3-11,15H,12-14H2,1-2H3,(H,21,24)(H,22,23). The Balaban J connectivity index is 1.99. The third kappa shape index (κ3) is 5.98. The number of carbonyl (C=O) groups is 2. The van der Waals surface area contributed by atoms with Crippen molar-refractivity contribution in [2.75, 3.05) is 32.2 Å². The summed E-state index contributed by atoms with van der Waals surface area (Å²) in [6, 6.07) is 16.4. The second-order valence-electron chi connectivity index (χ2n) is 5.74. The Morgan fingerprint density at radius 3 is 2.42 bits per heavy atom. The molecule has 2 rings (SSSR count). The molecule has 0 radical (unpaired) electrons. The van der Waals surface area contributed by atoms with Crippen LogP contribution in [0.5, 0.6) is 0 Å². The molecule has 0 aliphatic heterocycles. The number of amides is 2. The van der Waals surface area contributed by atoms with E-state index in [1.807, 2.05) is 37.3 Å². The van der Waals surface area contributed by atoms with Crippen molar-refractivity contribution in [1.29, 1.82) is 0 Å². The zero-order chi connectivity index (χ0) is 18.8. The van der Waals surface area contributed by atoms with Crippen molar-refractivity contribution in [3.63, 3.8) is 0 Å². The highest BCUT2D eigenvalue weighted by Crippen LogP contribution is 2.18. The van der Waals surface area contributed by atoms with Crippen LogP contribution in [-0.4, -0.2) is 38.7 Å². The number of hydrogen-bond acceptors (Lipinski definition) is 4. The van der Waals surface area contributed by atoms with Crippen LogP contribution in [0.3, 0.4) is 0 Å². The number of nitrogens with one attached hydrogen (secondary N) is 2. The highest BCUT2D eigenvalue weighted by molar-refractivity contribution is 6.04. The Morgan fingerprint density at radius 1 is 1.00 bits per heavy atom. The van der Waals surface area contributed by atoms with E-state index in [0.29, 0.717) is 24.5 Å². The van der Waals surface area contributed by atoms with E-state index in [9.17, 15) is 9.59 Å². The van der Waals surface area contributed by atoms with Crippen LogP contribution in [-0.2, 0) is 14.3 Å². The lowest BCUT2D eigenvalue weighted by molar-refractivity contribution is -0.121. The van der Waals surface area contributed by atoms with Crippen LogP contribution >= 0.6 is 0 Å². The van der Waals surface area contributed by atoms with Crippen LogP contribution in [0, 0.1) is 0 Å². The number of anilines is 1. The molecule has 0 aromatic heterocycles. The Kier molecular flexibility index (Phi) is 7.79. The van der Waals surface area contributed by atoms with Gasteiger partial charge in [0.15, 0.2) is 0 Å². The fraction of sp³-hybridized carbons (Fsp3) is 0.300. The summed E-state index contributed by atoms with van der Waals surface area (Å²) in [5, 5.41) is 5.66. The minimum atomic E-state index is -0.322. The van der Waals surface area contributed by atoms with Gasteiger partial charge in [0.2, 0.25) is 5.91 Å². The highest BCUT2D eigenvalue weighted by atomic mass is 16.5. The van der Waals surface area contributed by atoms with Crippen LogP contribution in [0.4, 0.5) is 5.69 Å². The van der Waals surface area contributed by atoms with Gasteiger partial charge in [-0.2, -0.15) is 0 Å². The number of carbonyl (C=O) groups excluding carboxylic acids is 2. The average Bonchev–Trinajstić information content (AvgIpc) is 2.66. The molecule has 2 N–H and O–H groups in total. The van der Waals surface area contributed by atoms with Crippen molar-refractivity contribution in [3.8, 4) is 0 Å². The molecular weight excluding hydrogens is 332 g/mol. The first-order chi connectivity index (χ1) is 12.6. The third-order valence-corrected chi connectivity index (χ3v) is 3.76. The van der Waals surface area contributed by atoms with E-state index in [2.05, 4.69) is 10.6 Å². The second kappa shape index (κ2) is 10.3. The number of hydrogen-bond donors (Lipinski definition) is 2. The molecule has 6 nitrogen and oxygen atoms in total. The zero-order valence-electron chi connectivity index (χ0n) is 15.0. The fourth-order valence-electron chi connectivity index (χ4n) is 2.38. The van der Waals surface area contributed by atoms with Gasteiger partial charge >= 0.3 is 0 Å². The summed E-state index contributed by atoms with van der Waals surface area (Å²) in [5.74, 6) is -0.574. The molecular formula is C20H24N2O4. The van der Waals surface area contributed by atoms with Crippen molar-refractivity contribution in [3.05, 3.63) is 65.7 Å². The SMILES string of the molecule is COCCOCC(=O)Nc1ccccc1C(=O)NC(C)c1ccccc1. The lowest BCUT2D eigenvalue weighted by Gasteiger charge is -2.16. The largest absolute Gasteiger partial charge is 0.382 e. The first kappa shape index (κ1) is 19.6. The summed E-state index contributed by atoms with van der Waals surface area (Å²) in [6.07, 6.45) is 0. The summed E-state index contributed by atoms with van der Waals surface area (Å²) in [6.45, 7) is 2.57. The van der Waals surface area contributed by atoms with Crippen LogP contribution in [0.15, 0.2) is 54.6 Å². The number of para-hydroxylation sites is 1. The van der Waals surface area contributed by atoms with Crippen molar-refractivity contribution >= 4 is 17.5 Å². The topological polar surface area (TPSA) is 76.7 Å². The summed E-state index contributed by atoms with van der Waals surface area (Å²) < 4.78 is 10.0. The van der Waals surface area contributed by atoms with Crippen LogP contribution in [0.2, 0.25) is 0 Å². The first-order valence-electron chi connectivity index (χ1n) is 8.43. The van der Waals surface area contributed by atoms with Crippen molar-refractivity contribution in [2.24, 2.45) is 0 Å². The van der Waals surface area contributed by atoms with E-state index in [-0.39, 0.29) is 24.5 Å². The van der Waals surface area contributed by atoms with Crippen LogP contribution < -0.4 is 10.6 Å². The monoisotopic (exact) mass is 356 g/mol. The van der Waals surface area contributed by atoms with Gasteiger partial charge in [-0.15, -0.1) is 0 Å². The second-order valence-corrected chi connectivity index (χ2v) is 5.74. The molecule has 6 heteroatoms. The molecule has 26 heavy (non-hydrogen) atoms. The Hall–Kier alpha value is -2.70. The van der Waals surface area contributed by atoms with Gasteiger partial charge in [-0.1, -0.05) is 42.5 Å². The predicted octanol–water partition coefficient (Wildman–Crippen LogP) is 2.78.